The lowest BCUT2D eigenvalue weighted by Gasteiger charge is -2.23. The molecular weight excluding hydrogens is 969 g/mol. The maximum absolute atomic E-state index is 6.45. The summed E-state index contributed by atoms with van der Waals surface area (Å²) < 4.78 is 12.9. The molecule has 0 bridgehead atoms. The van der Waals surface area contributed by atoms with E-state index in [0.29, 0.717) is 0 Å². The Hall–Kier alpha value is -9.76. The Kier molecular flexibility index (Phi) is 10.1. The van der Waals surface area contributed by atoms with Gasteiger partial charge in [-0.25, -0.2) is 0 Å². The van der Waals surface area contributed by atoms with E-state index in [1.807, 2.05) is 6.07 Å². The fraction of sp³-hybridized carbons (Fsp3) is 0.0769. The molecular formula is C78H54O2. The smallest absolute Gasteiger partial charge is 0.139 e. The van der Waals surface area contributed by atoms with Crippen LogP contribution in [0.3, 0.4) is 0 Å². The van der Waals surface area contributed by atoms with Crippen LogP contribution in [0.15, 0.2) is 264 Å². The van der Waals surface area contributed by atoms with Gasteiger partial charge in [-0.3, -0.25) is 0 Å². The van der Waals surface area contributed by atoms with Crippen LogP contribution in [0.5, 0.6) is 0 Å². The molecule has 0 atom stereocenters. The summed E-state index contributed by atoms with van der Waals surface area (Å²) in [5.41, 5.74) is 19.4. The van der Waals surface area contributed by atoms with E-state index in [1.165, 1.54) is 143 Å². The highest BCUT2D eigenvalue weighted by atomic mass is 16.3. The average Bonchev–Trinajstić information content (AvgIpc) is 4.25. The molecule has 2 aromatic heterocycles. The number of para-hydroxylation sites is 2. The van der Waals surface area contributed by atoms with Gasteiger partial charge in [0.2, 0.25) is 0 Å². The zero-order valence-electron chi connectivity index (χ0n) is 45.1. The summed E-state index contributed by atoms with van der Waals surface area (Å²) in [6.45, 7) is 9.33. The number of fused-ring (bicyclic) bond motifs is 15. The molecule has 378 valence electrons. The SMILES string of the molecule is CC1(C)c2cc(-c3c4ccccc4c(-c4ccc5ccccc5c4)c4ccccc34)ccc2-c2oc3ccccc3c21.CC1(C)c2cc(-c3c4ccccc4c(-c4ccccc4)c4ccccc34)ccc2-c2oc3ccccc3c21. The van der Waals surface area contributed by atoms with Crippen LogP contribution in [0.4, 0.5) is 0 Å². The summed E-state index contributed by atoms with van der Waals surface area (Å²) in [7, 11) is 0. The third-order valence-corrected chi connectivity index (χ3v) is 17.9. The molecule has 0 unspecified atom stereocenters. The fourth-order valence-corrected chi connectivity index (χ4v) is 14.3. The molecule has 2 aliphatic rings. The number of rotatable bonds is 4. The predicted molar refractivity (Wildman–Crippen MR) is 337 cm³/mol. The summed E-state index contributed by atoms with van der Waals surface area (Å²) in [5, 5.41) is 15.2. The Labute approximate surface area is 464 Å². The molecule has 0 saturated carbocycles. The summed E-state index contributed by atoms with van der Waals surface area (Å²) in [5.74, 6) is 2.04. The normalized spacial score (nSPS) is 13.7. The van der Waals surface area contributed by atoms with Gasteiger partial charge in [0.1, 0.15) is 22.7 Å². The van der Waals surface area contributed by atoms with Gasteiger partial charge in [-0.2, -0.15) is 0 Å². The van der Waals surface area contributed by atoms with E-state index in [2.05, 4.69) is 276 Å². The maximum atomic E-state index is 6.45. The molecule has 2 aliphatic carbocycles. The molecule has 2 heteroatoms. The molecule has 17 rings (SSSR count). The van der Waals surface area contributed by atoms with Crippen LogP contribution in [0, 0.1) is 0 Å². The van der Waals surface area contributed by atoms with E-state index in [0.717, 1.165) is 22.7 Å². The van der Waals surface area contributed by atoms with Crippen LogP contribution < -0.4 is 0 Å². The van der Waals surface area contributed by atoms with Crippen molar-refractivity contribution in [2.45, 2.75) is 38.5 Å². The third-order valence-electron chi connectivity index (χ3n) is 17.9. The Morgan fingerprint density at radius 1 is 0.250 bits per heavy atom. The van der Waals surface area contributed by atoms with Gasteiger partial charge in [-0.1, -0.05) is 252 Å². The first-order valence-corrected chi connectivity index (χ1v) is 28.0. The first kappa shape index (κ1) is 46.3. The van der Waals surface area contributed by atoms with Gasteiger partial charge >= 0.3 is 0 Å². The highest BCUT2D eigenvalue weighted by molar-refractivity contribution is 6.23. The summed E-state index contributed by atoms with van der Waals surface area (Å²) in [6.07, 6.45) is 0. The van der Waals surface area contributed by atoms with Crippen molar-refractivity contribution in [3.63, 3.8) is 0 Å². The van der Waals surface area contributed by atoms with Gasteiger partial charge in [0.05, 0.1) is 0 Å². The standard InChI is InChI=1S/C41H28O.C37H26O/c1-41(2)35-24-28(21-22-33(35)40-39(41)34-17-9-10-18-36(34)42-40)38-31-15-7-5-13-29(31)37(30-14-6-8-16-32(30)38)27-20-19-25-11-3-4-12-26(25)23-27;1-37(2)31-22-24(20-21-29(31)36-35(37)30-18-10-11-19-32(30)38-36)34-27-16-8-6-14-25(27)33(23-12-4-3-5-13-23)26-15-7-9-17-28(26)34/h3-24H,1-2H3;3-22H,1-2H3. The second-order valence-corrected chi connectivity index (χ2v) is 23.0. The Balaban J connectivity index is 0.000000133. The molecule has 0 radical (unpaired) electrons. The molecule has 80 heavy (non-hydrogen) atoms. The van der Waals surface area contributed by atoms with E-state index in [-0.39, 0.29) is 10.8 Å². The van der Waals surface area contributed by atoms with Gasteiger partial charge in [-0.05, 0) is 140 Å². The van der Waals surface area contributed by atoms with Gasteiger partial charge in [0, 0.05) is 43.9 Å². The molecule has 0 fully saturated rings. The zero-order valence-corrected chi connectivity index (χ0v) is 45.1. The highest BCUT2D eigenvalue weighted by Gasteiger charge is 2.42. The minimum absolute atomic E-state index is 0.150. The van der Waals surface area contributed by atoms with Crippen LogP contribution >= 0.6 is 0 Å². The second-order valence-electron chi connectivity index (χ2n) is 23.0. The van der Waals surface area contributed by atoms with Crippen LogP contribution in [0.25, 0.3) is 143 Å². The van der Waals surface area contributed by atoms with Crippen LogP contribution in [0.2, 0.25) is 0 Å². The van der Waals surface area contributed by atoms with E-state index in [1.54, 1.807) is 0 Å². The minimum atomic E-state index is -0.163. The Morgan fingerprint density at radius 2 is 0.562 bits per heavy atom. The Bertz CT molecular complexity index is 4950. The second kappa shape index (κ2) is 17.4. The van der Waals surface area contributed by atoms with Crippen molar-refractivity contribution in [2.75, 3.05) is 0 Å². The number of benzene rings is 13. The monoisotopic (exact) mass is 1020 g/mol. The molecule has 0 N–H and O–H groups in total. The quantitative estimate of drug-likeness (QED) is 0.164. The first-order valence-electron chi connectivity index (χ1n) is 28.0. The van der Waals surface area contributed by atoms with Crippen molar-refractivity contribution in [3.8, 4) is 67.2 Å². The molecule has 2 heterocycles. The van der Waals surface area contributed by atoms with Crippen molar-refractivity contribution in [1.82, 2.24) is 0 Å². The minimum Gasteiger partial charge on any atom is -0.456 e. The van der Waals surface area contributed by atoms with Crippen LogP contribution in [-0.4, -0.2) is 0 Å². The molecule has 2 nitrogen and oxygen atoms in total. The van der Waals surface area contributed by atoms with Gasteiger partial charge in [0.25, 0.3) is 0 Å². The third kappa shape index (κ3) is 6.72. The van der Waals surface area contributed by atoms with E-state index in [4.69, 9.17) is 8.83 Å². The summed E-state index contributed by atoms with van der Waals surface area (Å²) in [6, 6.07) is 92.6. The van der Waals surface area contributed by atoms with E-state index >= 15 is 0 Å². The van der Waals surface area contributed by atoms with Crippen molar-refractivity contribution in [2.24, 2.45) is 0 Å². The average molecular weight is 1020 g/mol. The predicted octanol–water partition coefficient (Wildman–Crippen LogP) is 21.9. The Morgan fingerprint density at radius 3 is 0.975 bits per heavy atom. The lowest BCUT2D eigenvalue weighted by atomic mass is 9.79. The molecule has 13 aromatic carbocycles. The molecule has 15 aromatic rings. The molecule has 0 spiro atoms. The number of furan rings is 2. The molecule has 0 amide bonds. The van der Waals surface area contributed by atoms with Gasteiger partial charge in [-0.15, -0.1) is 0 Å². The lowest BCUT2D eigenvalue weighted by Crippen LogP contribution is -2.15. The van der Waals surface area contributed by atoms with Crippen LogP contribution in [0.1, 0.15) is 49.9 Å². The van der Waals surface area contributed by atoms with E-state index < -0.39 is 0 Å². The largest absolute Gasteiger partial charge is 0.456 e. The number of hydrogen-bond donors (Lipinski definition) is 0. The van der Waals surface area contributed by atoms with Gasteiger partial charge < -0.3 is 8.83 Å². The summed E-state index contributed by atoms with van der Waals surface area (Å²) >= 11 is 0. The molecule has 0 saturated heterocycles. The lowest BCUT2D eigenvalue weighted by molar-refractivity contribution is 0.619. The van der Waals surface area contributed by atoms with E-state index in [9.17, 15) is 0 Å². The van der Waals surface area contributed by atoms with Crippen molar-refractivity contribution in [1.29, 1.82) is 0 Å². The van der Waals surface area contributed by atoms with Gasteiger partial charge in [0.15, 0.2) is 0 Å². The fourth-order valence-electron chi connectivity index (χ4n) is 14.3. The zero-order chi connectivity index (χ0) is 53.4. The first-order chi connectivity index (χ1) is 39.2. The van der Waals surface area contributed by atoms with Crippen molar-refractivity contribution in [3.05, 3.63) is 277 Å². The van der Waals surface area contributed by atoms with Crippen LogP contribution in [-0.2, 0) is 10.8 Å². The summed E-state index contributed by atoms with van der Waals surface area (Å²) in [4.78, 5) is 0. The highest BCUT2D eigenvalue weighted by Crippen LogP contribution is 2.57. The van der Waals surface area contributed by atoms with Crippen molar-refractivity contribution < 1.29 is 8.83 Å². The van der Waals surface area contributed by atoms with Crippen molar-refractivity contribution >= 4 is 75.8 Å². The maximum Gasteiger partial charge on any atom is 0.139 e. The topological polar surface area (TPSA) is 26.3 Å². The number of hydrogen-bond acceptors (Lipinski definition) is 2. The molecule has 0 aliphatic heterocycles.